The summed E-state index contributed by atoms with van der Waals surface area (Å²) in [5.74, 6) is 0.462. The number of rotatable bonds is 3. The molecule has 0 radical (unpaired) electrons. The molecular formula is C11H14F2O. The van der Waals surface area contributed by atoms with Gasteiger partial charge in [-0.2, -0.15) is 8.78 Å². The normalized spacial score (nSPS) is 11.1. The van der Waals surface area contributed by atoms with Crippen molar-refractivity contribution in [2.45, 2.75) is 33.3 Å². The van der Waals surface area contributed by atoms with Crippen molar-refractivity contribution in [3.63, 3.8) is 0 Å². The van der Waals surface area contributed by atoms with E-state index in [4.69, 9.17) is 0 Å². The third kappa shape index (κ3) is 2.69. The van der Waals surface area contributed by atoms with Gasteiger partial charge in [-0.3, -0.25) is 0 Å². The van der Waals surface area contributed by atoms with Gasteiger partial charge in [-0.05, 0) is 24.5 Å². The Morgan fingerprint density at radius 1 is 1.21 bits per heavy atom. The molecule has 0 bridgehead atoms. The van der Waals surface area contributed by atoms with E-state index in [2.05, 4.69) is 4.74 Å². The summed E-state index contributed by atoms with van der Waals surface area (Å²) < 4.78 is 28.5. The molecule has 0 N–H and O–H groups in total. The molecule has 0 aliphatic heterocycles. The Morgan fingerprint density at radius 2 is 1.86 bits per heavy atom. The van der Waals surface area contributed by atoms with Crippen LogP contribution in [0, 0.1) is 6.92 Å². The highest BCUT2D eigenvalue weighted by Gasteiger charge is 2.11. The zero-order valence-electron chi connectivity index (χ0n) is 8.55. The Kier molecular flexibility index (Phi) is 3.44. The van der Waals surface area contributed by atoms with E-state index < -0.39 is 6.61 Å². The van der Waals surface area contributed by atoms with Crippen molar-refractivity contribution < 1.29 is 13.5 Å². The van der Waals surface area contributed by atoms with Gasteiger partial charge in [0.05, 0.1) is 0 Å². The largest absolute Gasteiger partial charge is 0.435 e. The second kappa shape index (κ2) is 4.40. The predicted molar refractivity (Wildman–Crippen MR) is 51.9 cm³/mol. The molecular weight excluding hydrogens is 186 g/mol. The average molecular weight is 200 g/mol. The van der Waals surface area contributed by atoms with Crippen LogP contribution in [0.2, 0.25) is 0 Å². The van der Waals surface area contributed by atoms with Gasteiger partial charge in [-0.25, -0.2) is 0 Å². The molecule has 0 fully saturated rings. The molecule has 0 amide bonds. The number of alkyl halides is 2. The Hall–Kier alpha value is -1.12. The molecule has 0 atom stereocenters. The smallest absolute Gasteiger partial charge is 0.387 e. The fourth-order valence-corrected chi connectivity index (χ4v) is 1.32. The Labute approximate surface area is 82.7 Å². The first-order valence-corrected chi connectivity index (χ1v) is 4.56. The van der Waals surface area contributed by atoms with Crippen LogP contribution in [0.15, 0.2) is 18.2 Å². The Morgan fingerprint density at radius 3 is 2.36 bits per heavy atom. The van der Waals surface area contributed by atoms with Gasteiger partial charge in [0.2, 0.25) is 0 Å². The lowest BCUT2D eigenvalue weighted by atomic mass is 10.0. The standard InChI is InChI=1S/C11H14F2O/c1-7(2)9-6-8(3)4-5-10(9)14-11(12)13/h4-7,11H,1-3H3. The molecule has 0 aliphatic rings. The lowest BCUT2D eigenvalue weighted by Crippen LogP contribution is -2.05. The SMILES string of the molecule is Cc1ccc(OC(F)F)c(C(C)C)c1. The van der Waals surface area contributed by atoms with E-state index in [-0.39, 0.29) is 11.7 Å². The lowest BCUT2D eigenvalue weighted by molar-refractivity contribution is -0.0505. The van der Waals surface area contributed by atoms with Crippen molar-refractivity contribution in [3.05, 3.63) is 29.3 Å². The first-order chi connectivity index (χ1) is 6.50. The van der Waals surface area contributed by atoms with Gasteiger partial charge in [0.15, 0.2) is 0 Å². The molecule has 0 saturated carbocycles. The van der Waals surface area contributed by atoms with E-state index in [1.54, 1.807) is 12.1 Å². The molecule has 1 rings (SSSR count). The molecule has 0 saturated heterocycles. The molecule has 0 heterocycles. The Bertz CT molecular complexity index is 308. The van der Waals surface area contributed by atoms with Crippen LogP contribution in [0.25, 0.3) is 0 Å². The molecule has 0 aromatic heterocycles. The molecule has 0 aliphatic carbocycles. The van der Waals surface area contributed by atoms with Crippen LogP contribution >= 0.6 is 0 Å². The molecule has 1 aromatic rings. The summed E-state index contributed by atoms with van der Waals surface area (Å²) in [6.07, 6.45) is 0. The lowest BCUT2D eigenvalue weighted by Gasteiger charge is -2.13. The van der Waals surface area contributed by atoms with E-state index in [9.17, 15) is 8.78 Å². The minimum absolute atomic E-state index is 0.184. The topological polar surface area (TPSA) is 9.23 Å². The van der Waals surface area contributed by atoms with Crippen molar-refractivity contribution in [1.82, 2.24) is 0 Å². The summed E-state index contributed by atoms with van der Waals surface area (Å²) in [7, 11) is 0. The number of hydrogen-bond donors (Lipinski definition) is 0. The first-order valence-electron chi connectivity index (χ1n) is 4.56. The maximum absolute atomic E-state index is 12.0. The third-order valence-electron chi connectivity index (χ3n) is 2.00. The summed E-state index contributed by atoms with van der Waals surface area (Å²) in [5.41, 5.74) is 1.88. The molecule has 3 heteroatoms. The number of hydrogen-bond acceptors (Lipinski definition) is 1. The van der Waals surface area contributed by atoms with Gasteiger partial charge < -0.3 is 4.74 Å². The van der Waals surface area contributed by atoms with Crippen LogP contribution in [-0.2, 0) is 0 Å². The summed E-state index contributed by atoms with van der Waals surface area (Å²) in [5, 5.41) is 0. The Balaban J connectivity index is 3.02. The summed E-state index contributed by atoms with van der Waals surface area (Å²) in [6.45, 7) is 3.08. The van der Waals surface area contributed by atoms with Gasteiger partial charge in [0.1, 0.15) is 5.75 Å². The molecule has 0 unspecified atom stereocenters. The second-order valence-electron chi connectivity index (χ2n) is 3.57. The fraction of sp³-hybridized carbons (Fsp3) is 0.455. The zero-order chi connectivity index (χ0) is 10.7. The molecule has 0 spiro atoms. The highest BCUT2D eigenvalue weighted by atomic mass is 19.3. The maximum Gasteiger partial charge on any atom is 0.387 e. The second-order valence-corrected chi connectivity index (χ2v) is 3.57. The van der Waals surface area contributed by atoms with Crippen LogP contribution in [0.5, 0.6) is 5.75 Å². The van der Waals surface area contributed by atoms with Crippen LogP contribution in [0.1, 0.15) is 30.9 Å². The van der Waals surface area contributed by atoms with Crippen LogP contribution in [-0.4, -0.2) is 6.61 Å². The van der Waals surface area contributed by atoms with Crippen LogP contribution < -0.4 is 4.74 Å². The van der Waals surface area contributed by atoms with Crippen LogP contribution in [0.3, 0.4) is 0 Å². The quantitative estimate of drug-likeness (QED) is 0.722. The number of benzene rings is 1. The van der Waals surface area contributed by atoms with Gasteiger partial charge in [-0.15, -0.1) is 0 Å². The third-order valence-corrected chi connectivity index (χ3v) is 2.00. The number of ether oxygens (including phenoxy) is 1. The van der Waals surface area contributed by atoms with E-state index in [0.717, 1.165) is 11.1 Å². The first kappa shape index (κ1) is 11.0. The van der Waals surface area contributed by atoms with E-state index in [0.29, 0.717) is 0 Å². The average Bonchev–Trinajstić information content (AvgIpc) is 2.07. The van der Waals surface area contributed by atoms with Crippen molar-refractivity contribution in [1.29, 1.82) is 0 Å². The van der Waals surface area contributed by atoms with Crippen molar-refractivity contribution in [3.8, 4) is 5.75 Å². The monoisotopic (exact) mass is 200 g/mol. The van der Waals surface area contributed by atoms with E-state index in [1.807, 2.05) is 26.8 Å². The number of aryl methyl sites for hydroxylation is 1. The minimum Gasteiger partial charge on any atom is -0.435 e. The van der Waals surface area contributed by atoms with Crippen molar-refractivity contribution in [2.24, 2.45) is 0 Å². The van der Waals surface area contributed by atoms with Gasteiger partial charge in [-0.1, -0.05) is 31.5 Å². The molecule has 1 nitrogen and oxygen atoms in total. The fourth-order valence-electron chi connectivity index (χ4n) is 1.32. The van der Waals surface area contributed by atoms with E-state index >= 15 is 0 Å². The minimum atomic E-state index is -2.75. The van der Waals surface area contributed by atoms with Crippen LogP contribution in [0.4, 0.5) is 8.78 Å². The van der Waals surface area contributed by atoms with Gasteiger partial charge in [0, 0.05) is 0 Å². The van der Waals surface area contributed by atoms with Gasteiger partial charge >= 0.3 is 6.61 Å². The number of halogens is 2. The summed E-state index contributed by atoms with van der Waals surface area (Å²) in [4.78, 5) is 0. The molecule has 78 valence electrons. The predicted octanol–water partition coefficient (Wildman–Crippen LogP) is 3.72. The maximum atomic E-state index is 12.0. The highest BCUT2D eigenvalue weighted by molar-refractivity contribution is 5.38. The molecule has 14 heavy (non-hydrogen) atoms. The van der Waals surface area contributed by atoms with Crippen molar-refractivity contribution in [2.75, 3.05) is 0 Å². The van der Waals surface area contributed by atoms with Crippen molar-refractivity contribution >= 4 is 0 Å². The molecule has 1 aromatic carbocycles. The van der Waals surface area contributed by atoms with Gasteiger partial charge in [0.25, 0.3) is 0 Å². The summed E-state index contributed by atoms with van der Waals surface area (Å²) >= 11 is 0. The van der Waals surface area contributed by atoms with E-state index in [1.165, 1.54) is 0 Å². The zero-order valence-corrected chi connectivity index (χ0v) is 8.55. The summed E-state index contributed by atoms with van der Waals surface area (Å²) in [6, 6.07) is 5.24. The highest BCUT2D eigenvalue weighted by Crippen LogP contribution is 2.28.